The summed E-state index contributed by atoms with van der Waals surface area (Å²) in [6.07, 6.45) is 0.361. The van der Waals surface area contributed by atoms with Gasteiger partial charge in [0.25, 0.3) is 0 Å². The molecule has 1 nitrogen and oxygen atoms in total. The lowest BCUT2D eigenvalue weighted by molar-refractivity contribution is 0.397. The van der Waals surface area contributed by atoms with E-state index in [2.05, 4.69) is 56.5 Å². The molecule has 1 aromatic rings. The lowest BCUT2D eigenvalue weighted by Crippen LogP contribution is -2.29. The van der Waals surface area contributed by atoms with Gasteiger partial charge in [-0.05, 0) is 23.7 Å². The van der Waals surface area contributed by atoms with Crippen LogP contribution in [0.1, 0.15) is 32.4 Å². The fourth-order valence-corrected chi connectivity index (χ4v) is 4.84. The Bertz CT molecular complexity index is 431. The monoisotopic (exact) mass is 258 g/mol. The van der Waals surface area contributed by atoms with Crippen LogP contribution in [0.2, 0.25) is 18.1 Å². The summed E-state index contributed by atoms with van der Waals surface area (Å²) in [6, 6.07) is 14.2. The topological polar surface area (TPSA) is 12.5 Å². The third-order valence-corrected chi connectivity index (χ3v) is 8.86. The molecule has 1 aliphatic rings. The second kappa shape index (κ2) is 5.73. The van der Waals surface area contributed by atoms with Crippen molar-refractivity contribution in [2.45, 2.75) is 51.1 Å². The van der Waals surface area contributed by atoms with Crippen LogP contribution in [-0.2, 0) is 4.74 Å². The van der Waals surface area contributed by atoms with Gasteiger partial charge in [0.1, 0.15) is 20.3 Å². The second-order valence-electron chi connectivity index (χ2n) is 5.00. The van der Waals surface area contributed by atoms with Crippen molar-refractivity contribution in [3.8, 4) is 11.5 Å². The summed E-state index contributed by atoms with van der Waals surface area (Å²) in [7, 11) is -1.31. The molecule has 1 fully saturated rings. The number of epoxide rings is 1. The highest BCUT2D eigenvalue weighted by Gasteiger charge is 2.39. The quantitative estimate of drug-likeness (QED) is 0.448. The van der Waals surface area contributed by atoms with Gasteiger partial charge in [-0.1, -0.05) is 57.0 Å². The molecule has 0 N–H and O–H groups in total. The van der Waals surface area contributed by atoms with E-state index < -0.39 is 8.07 Å². The molecule has 1 aromatic carbocycles. The van der Waals surface area contributed by atoms with Crippen molar-refractivity contribution in [1.82, 2.24) is 0 Å². The van der Waals surface area contributed by atoms with Gasteiger partial charge in [-0.25, -0.2) is 0 Å². The molecule has 96 valence electrons. The highest BCUT2D eigenvalue weighted by Crippen LogP contribution is 2.38. The predicted octanol–water partition coefficient (Wildman–Crippen LogP) is 4.18. The van der Waals surface area contributed by atoms with Crippen LogP contribution in [0.25, 0.3) is 0 Å². The van der Waals surface area contributed by atoms with Crippen LogP contribution < -0.4 is 0 Å². The van der Waals surface area contributed by atoms with Crippen LogP contribution in [0.4, 0.5) is 0 Å². The maximum Gasteiger partial charge on any atom is 0.148 e. The Labute approximate surface area is 112 Å². The molecule has 2 rings (SSSR count). The zero-order chi connectivity index (χ0) is 13.0. The molecule has 0 aliphatic carbocycles. The maximum absolute atomic E-state index is 5.68. The van der Waals surface area contributed by atoms with Gasteiger partial charge < -0.3 is 4.74 Å². The fraction of sp³-hybridized carbons (Fsp3) is 0.500. The molecule has 2 heteroatoms. The molecule has 2 atom stereocenters. The minimum Gasteiger partial charge on any atom is -0.351 e. The molecular formula is C16H22OSi. The first-order valence-corrected chi connectivity index (χ1v) is 9.60. The zero-order valence-corrected chi connectivity index (χ0v) is 12.6. The van der Waals surface area contributed by atoms with Gasteiger partial charge in [-0.2, -0.15) is 0 Å². The van der Waals surface area contributed by atoms with Crippen molar-refractivity contribution < 1.29 is 4.74 Å². The second-order valence-corrected chi connectivity index (χ2v) is 9.93. The largest absolute Gasteiger partial charge is 0.351 e. The molecule has 0 bridgehead atoms. The average Bonchev–Trinajstić information content (AvgIpc) is 3.22. The van der Waals surface area contributed by atoms with Crippen LogP contribution in [0.15, 0.2) is 30.3 Å². The number of benzene rings is 1. The van der Waals surface area contributed by atoms with Crippen molar-refractivity contribution in [1.29, 1.82) is 0 Å². The summed E-state index contributed by atoms with van der Waals surface area (Å²) in [5.41, 5.74) is 4.87. The third kappa shape index (κ3) is 2.85. The van der Waals surface area contributed by atoms with Gasteiger partial charge in [0.05, 0.1) is 0 Å². The van der Waals surface area contributed by atoms with Gasteiger partial charge in [0.2, 0.25) is 0 Å². The number of rotatable bonds is 4. The van der Waals surface area contributed by atoms with E-state index in [0.29, 0.717) is 0 Å². The van der Waals surface area contributed by atoms with E-state index in [1.807, 2.05) is 6.07 Å². The van der Waals surface area contributed by atoms with Crippen LogP contribution in [0, 0.1) is 11.5 Å². The average molecular weight is 258 g/mol. The summed E-state index contributed by atoms with van der Waals surface area (Å²) in [5.74, 6) is 3.39. The molecule has 0 unspecified atom stereocenters. The first-order valence-electron chi connectivity index (χ1n) is 6.97. The molecule has 1 heterocycles. The van der Waals surface area contributed by atoms with Gasteiger partial charge in [0.15, 0.2) is 0 Å². The standard InChI is InChI=1S/C16H22OSi/c1-4-18(5-2,6-3)13-12-15-16(17-15)14-10-8-7-9-11-14/h7-11,15-16H,4-6H2,1-3H3/t15-,16+/m0/s1. The van der Waals surface area contributed by atoms with Crippen molar-refractivity contribution in [2.75, 3.05) is 0 Å². The molecule has 1 aliphatic heterocycles. The summed E-state index contributed by atoms with van der Waals surface area (Å²) in [5, 5.41) is 0. The number of hydrogen-bond acceptors (Lipinski definition) is 1. The molecule has 0 saturated carbocycles. The van der Waals surface area contributed by atoms with Crippen LogP contribution in [0.3, 0.4) is 0 Å². The Morgan fingerprint density at radius 1 is 1.06 bits per heavy atom. The van der Waals surface area contributed by atoms with Gasteiger partial charge in [-0.15, -0.1) is 5.54 Å². The smallest absolute Gasteiger partial charge is 0.148 e. The molecule has 0 amide bonds. The normalized spacial score (nSPS) is 22.2. The van der Waals surface area contributed by atoms with Crippen molar-refractivity contribution in [3.63, 3.8) is 0 Å². The Morgan fingerprint density at radius 2 is 1.67 bits per heavy atom. The van der Waals surface area contributed by atoms with Crippen molar-refractivity contribution in [3.05, 3.63) is 35.9 Å². The van der Waals surface area contributed by atoms with E-state index in [0.717, 1.165) is 0 Å². The van der Waals surface area contributed by atoms with E-state index >= 15 is 0 Å². The molecule has 0 radical (unpaired) electrons. The predicted molar refractivity (Wildman–Crippen MR) is 79.0 cm³/mol. The van der Waals surface area contributed by atoms with E-state index in [9.17, 15) is 0 Å². The molecule has 0 spiro atoms. The first-order chi connectivity index (χ1) is 8.74. The van der Waals surface area contributed by atoms with Gasteiger partial charge >= 0.3 is 0 Å². The molecule has 1 saturated heterocycles. The molecule has 18 heavy (non-hydrogen) atoms. The van der Waals surface area contributed by atoms with Crippen molar-refractivity contribution in [2.24, 2.45) is 0 Å². The Morgan fingerprint density at radius 3 is 2.22 bits per heavy atom. The SMILES string of the molecule is CC[Si](C#C[C@@H]1O[C@@H]1c1ccccc1)(CC)CC. The minimum absolute atomic E-state index is 0.143. The molecule has 0 aromatic heterocycles. The van der Waals surface area contributed by atoms with Gasteiger partial charge in [0, 0.05) is 0 Å². The summed E-state index contributed by atoms with van der Waals surface area (Å²) < 4.78 is 5.68. The lowest BCUT2D eigenvalue weighted by atomic mass is 10.1. The summed E-state index contributed by atoms with van der Waals surface area (Å²) in [4.78, 5) is 0. The highest BCUT2D eigenvalue weighted by atomic mass is 28.3. The van der Waals surface area contributed by atoms with E-state index in [-0.39, 0.29) is 12.2 Å². The summed E-state index contributed by atoms with van der Waals surface area (Å²) >= 11 is 0. The Kier molecular flexibility index (Phi) is 4.26. The van der Waals surface area contributed by atoms with Gasteiger partial charge in [-0.3, -0.25) is 0 Å². The van der Waals surface area contributed by atoms with E-state index in [4.69, 9.17) is 4.74 Å². The van der Waals surface area contributed by atoms with Crippen molar-refractivity contribution >= 4 is 8.07 Å². The lowest BCUT2D eigenvalue weighted by Gasteiger charge is -2.19. The Hall–Kier alpha value is -1.04. The maximum atomic E-state index is 5.68. The first kappa shape index (κ1) is 13.4. The van der Waals surface area contributed by atoms with Crippen LogP contribution in [0.5, 0.6) is 0 Å². The van der Waals surface area contributed by atoms with E-state index in [1.54, 1.807) is 0 Å². The number of ether oxygens (including phenoxy) is 1. The van der Waals surface area contributed by atoms with Crippen LogP contribution >= 0.6 is 0 Å². The zero-order valence-electron chi connectivity index (χ0n) is 11.6. The minimum atomic E-state index is -1.31. The highest BCUT2D eigenvalue weighted by molar-refractivity contribution is 6.87. The van der Waals surface area contributed by atoms with Crippen LogP contribution in [-0.4, -0.2) is 14.2 Å². The Balaban J connectivity index is 2.02. The van der Waals surface area contributed by atoms with E-state index in [1.165, 1.54) is 23.7 Å². The third-order valence-electron chi connectivity index (χ3n) is 4.13. The molecular weight excluding hydrogens is 236 g/mol. The summed E-state index contributed by atoms with van der Waals surface area (Å²) in [6.45, 7) is 6.86. The fourth-order valence-electron chi connectivity index (χ4n) is 2.36. The number of hydrogen-bond donors (Lipinski definition) is 0.